The van der Waals surface area contributed by atoms with Gasteiger partial charge in [-0.3, -0.25) is 18.6 Å². The Morgan fingerprint density at radius 1 is 0.479 bits per heavy atom. The van der Waals surface area contributed by atoms with Crippen LogP contribution in [0.3, 0.4) is 0 Å². The Bertz CT molecular complexity index is 1440. The van der Waals surface area contributed by atoms with Gasteiger partial charge in [-0.1, -0.05) is 255 Å². The smallest absolute Gasteiger partial charge is 0.456 e. The molecule has 0 saturated carbocycles. The van der Waals surface area contributed by atoms with E-state index in [9.17, 15) is 19.0 Å². The molecule has 9 nitrogen and oxygen atoms in total. The summed E-state index contributed by atoms with van der Waals surface area (Å²) in [7, 11) is 1.47. The molecule has 0 radical (unpaired) electrons. The van der Waals surface area contributed by atoms with Crippen molar-refractivity contribution < 1.29 is 37.3 Å². The number of hydrogen-bond donors (Lipinski definition) is 2. The third-order valence-electron chi connectivity index (χ3n) is 13.5. The van der Waals surface area contributed by atoms with Gasteiger partial charge in [0.05, 0.1) is 33.8 Å². The molecule has 3 atom stereocenters. The summed E-state index contributed by atoms with van der Waals surface area (Å²) in [6.07, 6.45) is 66.5. The highest BCUT2D eigenvalue weighted by Gasteiger charge is 2.30. The van der Waals surface area contributed by atoms with Crippen LogP contribution >= 0.6 is 7.82 Å². The molecule has 0 fully saturated rings. The highest BCUT2D eigenvalue weighted by molar-refractivity contribution is 7.47. The number of likely N-dealkylation sites (N-methyl/N-ethyl adjacent to an activating group) is 1. The number of esters is 1. The van der Waals surface area contributed by atoms with Crippen molar-refractivity contribution in [3.8, 4) is 0 Å². The quantitative estimate of drug-likeness (QED) is 0.0205. The second-order valence-corrected chi connectivity index (χ2v) is 23.3. The van der Waals surface area contributed by atoms with Crippen molar-refractivity contribution >= 4 is 19.7 Å². The number of nitrogens with one attached hydrogen (secondary N) is 1. The Kier molecular flexibility index (Phi) is 51.5. The van der Waals surface area contributed by atoms with E-state index in [0.717, 1.165) is 64.2 Å². The predicted molar refractivity (Wildman–Crippen MR) is 314 cm³/mol. The number of rotatable bonds is 55. The van der Waals surface area contributed by atoms with Crippen LogP contribution in [0, 0.1) is 0 Å². The SMILES string of the molecule is CCCCC/C=C\C/C=C\C/C=C\C/C=C\CCCC(=O)OC(/C=C/CCCCCCCCCCC)C(COP(=O)(O)OCC[N+](C)(C)C)NC(=O)CCCCCCCCCCCCCCCCCCCCC. The molecule has 0 aliphatic heterocycles. The van der Waals surface area contributed by atoms with E-state index in [1.165, 1.54) is 173 Å². The summed E-state index contributed by atoms with van der Waals surface area (Å²) in [5, 5.41) is 3.04. The molecule has 0 saturated heterocycles. The number of nitrogens with zero attached hydrogens (tertiary/aromatic N) is 1. The summed E-state index contributed by atoms with van der Waals surface area (Å²) in [6.45, 7) is 6.96. The second kappa shape index (κ2) is 53.1. The largest absolute Gasteiger partial charge is 0.472 e. The van der Waals surface area contributed by atoms with Crippen molar-refractivity contribution in [2.45, 2.75) is 290 Å². The standard InChI is InChI=1S/C63H117N2O7P/c1-7-10-13-16-19-22-25-27-29-31-32-34-35-37-40-43-46-49-52-55-62(66)64-60(59-71-73(68,69)70-58-57-65(4,5)6)61(54-51-48-45-42-39-24-21-18-15-12-9-3)72-63(67)56-53-50-47-44-41-38-36-33-30-28-26-23-20-17-14-11-8-2/h20,23,28,30,36,38,44,47,51,54,60-61H,7-19,21-22,24-27,29,31-35,37,39-43,45-46,48-50,52-53,55-59H2,1-6H3,(H-,64,66,68,69)/p+1/b23-20-,30-28-,38-36-,47-44-,54-51+. The molecule has 73 heavy (non-hydrogen) atoms. The summed E-state index contributed by atoms with van der Waals surface area (Å²) >= 11 is 0. The van der Waals surface area contributed by atoms with Gasteiger partial charge >= 0.3 is 13.8 Å². The number of amides is 1. The van der Waals surface area contributed by atoms with Crippen molar-refractivity contribution in [3.05, 3.63) is 60.8 Å². The molecule has 0 aromatic heterocycles. The van der Waals surface area contributed by atoms with E-state index in [-0.39, 0.29) is 31.5 Å². The fourth-order valence-corrected chi connectivity index (χ4v) is 9.43. The highest BCUT2D eigenvalue weighted by atomic mass is 31.2. The van der Waals surface area contributed by atoms with Crippen molar-refractivity contribution in [1.29, 1.82) is 0 Å². The van der Waals surface area contributed by atoms with Crippen molar-refractivity contribution in [2.75, 3.05) is 40.9 Å². The number of ether oxygens (including phenoxy) is 1. The van der Waals surface area contributed by atoms with Gasteiger partial charge in [-0.25, -0.2) is 4.57 Å². The number of phosphoric acid groups is 1. The Morgan fingerprint density at radius 3 is 1.30 bits per heavy atom. The van der Waals surface area contributed by atoms with Crippen LogP contribution in [0.5, 0.6) is 0 Å². The van der Waals surface area contributed by atoms with Crippen LogP contribution in [0.1, 0.15) is 278 Å². The zero-order chi connectivity index (χ0) is 53.6. The highest BCUT2D eigenvalue weighted by Crippen LogP contribution is 2.43. The van der Waals surface area contributed by atoms with E-state index < -0.39 is 20.0 Å². The van der Waals surface area contributed by atoms with Gasteiger partial charge in [0, 0.05) is 12.8 Å². The molecule has 0 aromatic carbocycles. The van der Waals surface area contributed by atoms with E-state index in [1.807, 2.05) is 33.3 Å². The molecule has 0 rings (SSSR count). The lowest BCUT2D eigenvalue weighted by Crippen LogP contribution is -2.47. The maximum absolute atomic E-state index is 13.5. The molecule has 426 valence electrons. The third kappa shape index (κ3) is 54.3. The monoisotopic (exact) mass is 1050 g/mol. The Morgan fingerprint density at radius 2 is 0.849 bits per heavy atom. The lowest BCUT2D eigenvalue weighted by Gasteiger charge is -2.27. The minimum Gasteiger partial charge on any atom is -0.456 e. The summed E-state index contributed by atoms with van der Waals surface area (Å²) in [5.41, 5.74) is 0. The number of quaternary nitrogens is 1. The second-order valence-electron chi connectivity index (χ2n) is 21.9. The minimum atomic E-state index is -4.46. The summed E-state index contributed by atoms with van der Waals surface area (Å²) in [5.74, 6) is -0.564. The topological polar surface area (TPSA) is 111 Å². The normalized spacial score (nSPS) is 14.1. The number of hydrogen-bond acceptors (Lipinski definition) is 6. The Hall–Kier alpha value is -2.29. The van der Waals surface area contributed by atoms with E-state index in [0.29, 0.717) is 23.9 Å². The first-order valence-electron chi connectivity index (χ1n) is 30.6. The van der Waals surface area contributed by atoms with Gasteiger partial charge in [-0.15, -0.1) is 0 Å². The number of unbranched alkanes of at least 4 members (excludes halogenated alkanes) is 31. The molecule has 3 unspecified atom stereocenters. The Balaban J connectivity index is 5.30. The van der Waals surface area contributed by atoms with Crippen molar-refractivity contribution in [1.82, 2.24) is 5.32 Å². The van der Waals surface area contributed by atoms with Gasteiger partial charge in [-0.2, -0.15) is 0 Å². The molecule has 0 heterocycles. The summed E-state index contributed by atoms with van der Waals surface area (Å²) < 4.78 is 30.6. The van der Waals surface area contributed by atoms with Gasteiger partial charge in [-0.05, 0) is 70.3 Å². The van der Waals surface area contributed by atoms with E-state index >= 15 is 0 Å². The lowest BCUT2D eigenvalue weighted by atomic mass is 10.0. The van der Waals surface area contributed by atoms with Gasteiger partial charge in [0.25, 0.3) is 0 Å². The average Bonchev–Trinajstić information content (AvgIpc) is 3.35. The first kappa shape index (κ1) is 70.7. The molecular weight excluding hydrogens is 928 g/mol. The van der Waals surface area contributed by atoms with Crippen LogP contribution < -0.4 is 5.32 Å². The number of phosphoric ester groups is 1. The number of carbonyl (C=O) groups excluding carboxylic acids is 2. The third-order valence-corrected chi connectivity index (χ3v) is 14.4. The fraction of sp³-hybridized carbons (Fsp3) is 0.810. The zero-order valence-electron chi connectivity index (χ0n) is 48.6. The van der Waals surface area contributed by atoms with E-state index in [2.05, 4.69) is 74.7 Å². The zero-order valence-corrected chi connectivity index (χ0v) is 49.5. The summed E-state index contributed by atoms with van der Waals surface area (Å²) in [4.78, 5) is 37.6. The van der Waals surface area contributed by atoms with Crippen molar-refractivity contribution in [3.63, 3.8) is 0 Å². The predicted octanol–water partition coefficient (Wildman–Crippen LogP) is 18.7. The molecule has 0 aromatic rings. The van der Waals surface area contributed by atoms with Gasteiger partial charge < -0.3 is 19.4 Å². The minimum absolute atomic E-state index is 0.0319. The average molecular weight is 1050 g/mol. The molecular formula is C63H118N2O7P+. The molecule has 0 spiro atoms. The molecule has 0 aliphatic carbocycles. The first-order chi connectivity index (χ1) is 35.4. The van der Waals surface area contributed by atoms with Gasteiger partial charge in [0.1, 0.15) is 19.3 Å². The van der Waals surface area contributed by atoms with Crippen LogP contribution in [0.2, 0.25) is 0 Å². The van der Waals surface area contributed by atoms with Crippen LogP contribution in [0.15, 0.2) is 60.8 Å². The number of allylic oxidation sites excluding steroid dienone is 9. The summed E-state index contributed by atoms with van der Waals surface area (Å²) in [6, 6.07) is -0.868. The molecule has 2 N–H and O–H groups in total. The van der Waals surface area contributed by atoms with E-state index in [1.54, 1.807) is 0 Å². The van der Waals surface area contributed by atoms with E-state index in [4.69, 9.17) is 13.8 Å². The Labute approximate surface area is 451 Å². The van der Waals surface area contributed by atoms with Crippen LogP contribution in [-0.4, -0.2) is 74.3 Å². The number of carbonyl (C=O) groups is 2. The fourth-order valence-electron chi connectivity index (χ4n) is 8.70. The molecule has 0 bridgehead atoms. The molecule has 1 amide bonds. The first-order valence-corrected chi connectivity index (χ1v) is 32.1. The van der Waals surface area contributed by atoms with Gasteiger partial charge in [0.15, 0.2) is 0 Å². The van der Waals surface area contributed by atoms with Crippen LogP contribution in [0.4, 0.5) is 0 Å². The lowest BCUT2D eigenvalue weighted by molar-refractivity contribution is -0.870. The maximum Gasteiger partial charge on any atom is 0.472 e. The molecule has 0 aliphatic rings. The maximum atomic E-state index is 13.5. The van der Waals surface area contributed by atoms with Crippen molar-refractivity contribution in [2.24, 2.45) is 0 Å². The van der Waals surface area contributed by atoms with Gasteiger partial charge in [0.2, 0.25) is 5.91 Å². The molecule has 10 heteroatoms. The van der Waals surface area contributed by atoms with Crippen LogP contribution in [0.25, 0.3) is 0 Å². The van der Waals surface area contributed by atoms with Crippen LogP contribution in [-0.2, 0) is 27.9 Å².